The molecule has 3 aromatic carbocycles. The van der Waals surface area contributed by atoms with Crippen molar-refractivity contribution >= 4 is 21.8 Å². The van der Waals surface area contributed by atoms with Gasteiger partial charge in [-0.05, 0) is 34.4 Å². The molecule has 1 atom stereocenters. The lowest BCUT2D eigenvalue weighted by molar-refractivity contribution is -0.141. The molecule has 9 heteroatoms. The number of rotatable bonds is 12. The summed E-state index contributed by atoms with van der Waals surface area (Å²) in [7, 11) is -3.74. The second-order valence-corrected chi connectivity index (χ2v) is 11.4. The largest absolute Gasteiger partial charge is 0.350 e. The summed E-state index contributed by atoms with van der Waals surface area (Å²) in [6.07, 6.45) is 4.38. The number of nitrogens with one attached hydrogen (secondary N) is 1. The van der Waals surface area contributed by atoms with Crippen molar-refractivity contribution in [3.05, 3.63) is 138 Å². The number of pyridine rings is 1. The van der Waals surface area contributed by atoms with Crippen molar-refractivity contribution in [2.75, 3.05) is 12.8 Å². The topological polar surface area (TPSA) is 99.7 Å². The van der Waals surface area contributed by atoms with Crippen LogP contribution in [0.25, 0.3) is 0 Å². The maximum Gasteiger partial charge on any atom is 0.247 e. The molecule has 0 saturated carbocycles. The maximum atomic E-state index is 14.0. The summed E-state index contributed by atoms with van der Waals surface area (Å²) in [6.45, 7) is -0.0112. The third-order valence-electron chi connectivity index (χ3n) is 6.39. The van der Waals surface area contributed by atoms with Gasteiger partial charge in [0.25, 0.3) is 0 Å². The molecule has 1 aromatic heterocycles. The van der Waals surface area contributed by atoms with Gasteiger partial charge < -0.3 is 10.2 Å². The molecule has 2 amide bonds. The van der Waals surface area contributed by atoms with Gasteiger partial charge in [-0.3, -0.25) is 14.6 Å². The van der Waals surface area contributed by atoms with E-state index in [2.05, 4.69) is 10.3 Å². The summed E-state index contributed by atoms with van der Waals surface area (Å²) in [5.74, 6) is -0.862. The highest BCUT2D eigenvalue weighted by Gasteiger charge is 2.33. The number of amides is 2. The maximum absolute atomic E-state index is 14.0. The molecular weight excluding hydrogens is 524 g/mol. The summed E-state index contributed by atoms with van der Waals surface area (Å²) < 4.78 is 26.7. The van der Waals surface area contributed by atoms with Crippen molar-refractivity contribution in [3.8, 4) is 0 Å². The minimum absolute atomic E-state index is 0.0365. The first-order valence-corrected chi connectivity index (χ1v) is 14.7. The lowest BCUT2D eigenvalue weighted by atomic mass is 10.0. The van der Waals surface area contributed by atoms with Gasteiger partial charge in [-0.25, -0.2) is 8.42 Å². The van der Waals surface area contributed by atoms with Gasteiger partial charge in [0.2, 0.25) is 21.8 Å². The fourth-order valence-electron chi connectivity index (χ4n) is 4.32. The molecule has 0 aliphatic carbocycles. The number of hydrogen-bond acceptors (Lipinski definition) is 5. The lowest BCUT2D eigenvalue weighted by Gasteiger charge is -2.33. The molecule has 0 spiro atoms. The van der Waals surface area contributed by atoms with Gasteiger partial charge in [0.05, 0.1) is 12.8 Å². The summed E-state index contributed by atoms with van der Waals surface area (Å²) >= 11 is 0. The summed E-state index contributed by atoms with van der Waals surface area (Å²) in [4.78, 5) is 33.3. The molecule has 206 valence electrons. The van der Waals surface area contributed by atoms with Crippen LogP contribution in [0.5, 0.6) is 0 Å². The van der Waals surface area contributed by atoms with Crippen molar-refractivity contribution < 1.29 is 18.0 Å². The first-order chi connectivity index (χ1) is 19.3. The third kappa shape index (κ3) is 8.08. The zero-order chi connectivity index (χ0) is 28.4. The Balaban J connectivity index is 1.68. The van der Waals surface area contributed by atoms with Crippen LogP contribution in [0.3, 0.4) is 0 Å². The van der Waals surface area contributed by atoms with E-state index in [9.17, 15) is 18.0 Å². The number of sulfonamides is 1. The molecule has 0 bridgehead atoms. The molecule has 0 fully saturated rings. The normalized spacial score (nSPS) is 12.1. The van der Waals surface area contributed by atoms with Crippen LogP contribution in [0.4, 0.5) is 0 Å². The van der Waals surface area contributed by atoms with Crippen LogP contribution in [0.2, 0.25) is 0 Å². The van der Waals surface area contributed by atoms with E-state index >= 15 is 0 Å². The molecule has 1 heterocycles. The van der Waals surface area contributed by atoms with Crippen LogP contribution >= 0.6 is 0 Å². The third-order valence-corrected chi connectivity index (χ3v) is 7.59. The van der Waals surface area contributed by atoms with Crippen LogP contribution in [0.15, 0.2) is 116 Å². The number of aromatic nitrogens is 1. The van der Waals surface area contributed by atoms with E-state index in [0.29, 0.717) is 5.56 Å². The Kier molecular flexibility index (Phi) is 9.77. The monoisotopic (exact) mass is 556 g/mol. The average molecular weight is 557 g/mol. The van der Waals surface area contributed by atoms with Gasteiger partial charge in [0, 0.05) is 32.0 Å². The predicted molar refractivity (Wildman–Crippen MR) is 154 cm³/mol. The molecule has 8 nitrogen and oxygen atoms in total. The van der Waals surface area contributed by atoms with Crippen molar-refractivity contribution in [2.45, 2.75) is 25.7 Å². The van der Waals surface area contributed by atoms with E-state index in [-0.39, 0.29) is 25.5 Å². The molecule has 4 aromatic rings. The van der Waals surface area contributed by atoms with Gasteiger partial charge in [0.1, 0.15) is 6.04 Å². The highest BCUT2D eigenvalue weighted by Crippen LogP contribution is 2.25. The van der Waals surface area contributed by atoms with Crippen LogP contribution in [0.1, 0.15) is 28.3 Å². The van der Waals surface area contributed by atoms with Crippen LogP contribution in [-0.2, 0) is 39.2 Å². The molecule has 40 heavy (non-hydrogen) atoms. The van der Waals surface area contributed by atoms with Crippen molar-refractivity contribution in [2.24, 2.45) is 0 Å². The Morgan fingerprint density at radius 3 is 1.82 bits per heavy atom. The fourth-order valence-corrected chi connectivity index (χ4v) is 5.05. The van der Waals surface area contributed by atoms with E-state index in [1.807, 2.05) is 78.9 Å². The van der Waals surface area contributed by atoms with Crippen LogP contribution in [0, 0.1) is 0 Å². The zero-order valence-electron chi connectivity index (χ0n) is 22.3. The highest BCUT2D eigenvalue weighted by atomic mass is 32.2. The Morgan fingerprint density at radius 1 is 0.750 bits per heavy atom. The Labute approximate surface area is 235 Å². The SMILES string of the molecule is CS(=O)(=O)N(CC(=O)N(Cc1ccccc1)[C@@H](C(=O)NCc1ccncc1)c1ccccc1)Cc1ccccc1. The van der Waals surface area contributed by atoms with Crippen molar-refractivity contribution in [3.63, 3.8) is 0 Å². The minimum Gasteiger partial charge on any atom is -0.350 e. The Hall–Kier alpha value is -4.34. The van der Waals surface area contributed by atoms with Gasteiger partial charge in [-0.1, -0.05) is 91.0 Å². The second kappa shape index (κ2) is 13.6. The van der Waals surface area contributed by atoms with E-state index in [4.69, 9.17) is 0 Å². The standard InChI is InChI=1S/C31H32N4O4S/c1-40(38,39)34(22-26-11-5-2-6-12-26)24-29(36)35(23-27-13-7-3-8-14-27)30(28-15-9-4-10-16-28)31(37)33-21-25-17-19-32-20-18-25/h2-20,30H,21-24H2,1H3,(H,33,37)/t30-/m1/s1. The molecule has 4 rings (SSSR count). The summed E-state index contributed by atoms with van der Waals surface area (Å²) in [6, 6.07) is 30.1. The lowest BCUT2D eigenvalue weighted by Crippen LogP contribution is -2.47. The van der Waals surface area contributed by atoms with Gasteiger partial charge in [0.15, 0.2) is 0 Å². The number of benzene rings is 3. The summed E-state index contributed by atoms with van der Waals surface area (Å²) in [5.41, 5.74) is 3.05. The fraction of sp³-hybridized carbons (Fsp3) is 0.194. The van der Waals surface area contributed by atoms with Crippen LogP contribution in [-0.4, -0.2) is 47.2 Å². The quantitative estimate of drug-likeness (QED) is 0.285. The van der Waals surface area contributed by atoms with Crippen LogP contribution < -0.4 is 5.32 Å². The number of carbonyl (C=O) groups is 2. The van der Waals surface area contributed by atoms with E-state index < -0.39 is 28.5 Å². The first kappa shape index (κ1) is 28.7. The Morgan fingerprint density at radius 2 is 1.27 bits per heavy atom. The number of hydrogen-bond donors (Lipinski definition) is 1. The average Bonchev–Trinajstić information content (AvgIpc) is 2.97. The van der Waals surface area contributed by atoms with E-state index in [1.54, 1.807) is 36.7 Å². The highest BCUT2D eigenvalue weighted by molar-refractivity contribution is 7.88. The first-order valence-electron chi connectivity index (χ1n) is 12.9. The predicted octanol–water partition coefficient (Wildman–Crippen LogP) is 3.93. The smallest absolute Gasteiger partial charge is 0.247 e. The molecule has 0 saturated heterocycles. The second-order valence-electron chi connectivity index (χ2n) is 9.41. The van der Waals surface area contributed by atoms with E-state index in [0.717, 1.165) is 27.3 Å². The van der Waals surface area contributed by atoms with Gasteiger partial charge in [-0.2, -0.15) is 4.31 Å². The van der Waals surface area contributed by atoms with Crippen molar-refractivity contribution in [1.29, 1.82) is 0 Å². The zero-order valence-corrected chi connectivity index (χ0v) is 23.1. The molecule has 0 unspecified atom stereocenters. The minimum atomic E-state index is -3.74. The molecule has 0 aliphatic rings. The number of carbonyl (C=O) groups excluding carboxylic acids is 2. The molecule has 1 N–H and O–H groups in total. The molecular formula is C31H32N4O4S. The Bertz CT molecular complexity index is 1490. The van der Waals surface area contributed by atoms with E-state index in [1.165, 1.54) is 4.90 Å². The van der Waals surface area contributed by atoms with Crippen molar-refractivity contribution in [1.82, 2.24) is 19.5 Å². The molecule has 0 radical (unpaired) electrons. The van der Waals surface area contributed by atoms with Gasteiger partial charge >= 0.3 is 0 Å². The molecule has 0 aliphatic heterocycles. The summed E-state index contributed by atoms with van der Waals surface area (Å²) in [5, 5.41) is 2.95. The number of nitrogens with zero attached hydrogens (tertiary/aromatic N) is 3. The van der Waals surface area contributed by atoms with Gasteiger partial charge in [-0.15, -0.1) is 0 Å².